The van der Waals surface area contributed by atoms with E-state index in [0.29, 0.717) is 11.6 Å². The van der Waals surface area contributed by atoms with E-state index >= 15 is 0 Å². The normalized spacial score (nSPS) is 10.9. The Labute approximate surface area is 146 Å². The van der Waals surface area contributed by atoms with Gasteiger partial charge in [0.05, 0.1) is 5.56 Å². The van der Waals surface area contributed by atoms with Gasteiger partial charge in [-0.2, -0.15) is 0 Å². The maximum atomic E-state index is 5.98. The van der Waals surface area contributed by atoms with Crippen LogP contribution in [0, 0.1) is 0 Å². The van der Waals surface area contributed by atoms with Crippen LogP contribution >= 0.6 is 0 Å². The molecule has 0 aliphatic rings. The lowest BCUT2D eigenvalue weighted by molar-refractivity contribution is 0.620. The molecule has 4 nitrogen and oxygen atoms in total. The smallest absolute Gasteiger partial charge is 0.229 e. The van der Waals surface area contributed by atoms with Crippen molar-refractivity contribution in [3.05, 3.63) is 66.7 Å². The zero-order chi connectivity index (χ0) is 17.2. The number of anilines is 2. The third-order valence-corrected chi connectivity index (χ3v) is 4.14. The summed E-state index contributed by atoms with van der Waals surface area (Å²) in [5.41, 5.74) is 12.4. The molecular weight excluding hydrogens is 310 g/mol. The molecular formula is C21H19N3O. The Balaban J connectivity index is 1.81. The molecule has 0 spiro atoms. The summed E-state index contributed by atoms with van der Waals surface area (Å²) < 4.78 is 5.98. The molecule has 0 amide bonds. The molecule has 0 unspecified atom stereocenters. The van der Waals surface area contributed by atoms with Gasteiger partial charge in [0, 0.05) is 17.9 Å². The molecule has 0 saturated heterocycles. The van der Waals surface area contributed by atoms with Gasteiger partial charge < -0.3 is 15.5 Å². The average Bonchev–Trinajstić information content (AvgIpc) is 3.07. The molecule has 4 heteroatoms. The lowest BCUT2D eigenvalue weighted by Gasteiger charge is -2.08. The first-order valence-corrected chi connectivity index (χ1v) is 8.34. The molecule has 1 heterocycles. The zero-order valence-corrected chi connectivity index (χ0v) is 14.0. The van der Waals surface area contributed by atoms with Crippen molar-refractivity contribution in [2.75, 3.05) is 17.6 Å². The summed E-state index contributed by atoms with van der Waals surface area (Å²) >= 11 is 0. The predicted octanol–water partition coefficient (Wildman–Crippen LogP) is 5.18. The van der Waals surface area contributed by atoms with Crippen LogP contribution in [0.1, 0.15) is 6.92 Å². The van der Waals surface area contributed by atoms with Crippen molar-refractivity contribution in [2.45, 2.75) is 6.92 Å². The van der Waals surface area contributed by atoms with E-state index in [-0.39, 0.29) is 0 Å². The Hall–Kier alpha value is -3.27. The number of fused-ring (bicyclic) bond motifs is 1. The molecule has 4 aromatic rings. The number of nitrogens with zero attached hydrogens (tertiary/aromatic N) is 1. The molecule has 0 bridgehead atoms. The number of nitrogen functional groups attached to an aromatic ring is 1. The standard InChI is InChI=1S/C21H19N3O/c1-2-23-18-10-9-16(22)13-17(18)21-24-19-12-15(8-11-20(19)25-21)14-6-4-3-5-7-14/h3-13,23H,2,22H2,1H3. The van der Waals surface area contributed by atoms with E-state index in [0.717, 1.165) is 40.0 Å². The molecule has 0 saturated carbocycles. The number of nitrogens with two attached hydrogens (primary N) is 1. The summed E-state index contributed by atoms with van der Waals surface area (Å²) in [6, 6.07) is 22.0. The van der Waals surface area contributed by atoms with Crippen LogP contribution in [0.4, 0.5) is 11.4 Å². The predicted molar refractivity (Wildman–Crippen MR) is 103 cm³/mol. The van der Waals surface area contributed by atoms with Gasteiger partial charge in [-0.05, 0) is 48.4 Å². The Morgan fingerprint density at radius 3 is 2.60 bits per heavy atom. The first-order chi connectivity index (χ1) is 12.2. The van der Waals surface area contributed by atoms with Gasteiger partial charge >= 0.3 is 0 Å². The second kappa shape index (κ2) is 6.32. The van der Waals surface area contributed by atoms with Crippen molar-refractivity contribution < 1.29 is 4.42 Å². The Bertz CT molecular complexity index is 1020. The zero-order valence-electron chi connectivity index (χ0n) is 14.0. The molecule has 3 aromatic carbocycles. The lowest BCUT2D eigenvalue weighted by atomic mass is 10.1. The van der Waals surface area contributed by atoms with Gasteiger partial charge in [0.25, 0.3) is 0 Å². The third kappa shape index (κ3) is 2.94. The minimum atomic E-state index is 0.573. The van der Waals surface area contributed by atoms with E-state index in [4.69, 9.17) is 15.1 Å². The summed E-state index contributed by atoms with van der Waals surface area (Å²) in [6.07, 6.45) is 0. The maximum absolute atomic E-state index is 5.98. The monoisotopic (exact) mass is 329 g/mol. The Morgan fingerprint density at radius 2 is 1.80 bits per heavy atom. The molecule has 4 rings (SSSR count). The highest BCUT2D eigenvalue weighted by atomic mass is 16.3. The number of oxazole rings is 1. The van der Waals surface area contributed by atoms with Gasteiger partial charge in [-0.3, -0.25) is 0 Å². The molecule has 0 radical (unpaired) electrons. The van der Waals surface area contributed by atoms with Crippen LogP contribution in [-0.4, -0.2) is 11.5 Å². The van der Waals surface area contributed by atoms with Crippen LogP contribution < -0.4 is 11.1 Å². The third-order valence-electron chi connectivity index (χ3n) is 4.14. The highest BCUT2D eigenvalue weighted by molar-refractivity contribution is 5.85. The number of hydrogen-bond acceptors (Lipinski definition) is 4. The average molecular weight is 329 g/mol. The SMILES string of the molecule is CCNc1ccc(N)cc1-c1nc2cc(-c3ccccc3)ccc2o1. The second-order valence-electron chi connectivity index (χ2n) is 5.90. The van der Waals surface area contributed by atoms with Crippen molar-refractivity contribution in [3.8, 4) is 22.6 Å². The fraction of sp³-hybridized carbons (Fsp3) is 0.0952. The van der Waals surface area contributed by atoms with Crippen LogP contribution in [0.3, 0.4) is 0 Å². The quantitative estimate of drug-likeness (QED) is 0.507. The minimum absolute atomic E-state index is 0.573. The fourth-order valence-corrected chi connectivity index (χ4v) is 2.94. The summed E-state index contributed by atoms with van der Waals surface area (Å²) in [4.78, 5) is 4.69. The van der Waals surface area contributed by atoms with E-state index in [1.807, 2.05) is 42.5 Å². The number of benzene rings is 3. The Kier molecular flexibility index (Phi) is 3.86. The number of rotatable bonds is 4. The minimum Gasteiger partial charge on any atom is -0.436 e. The van der Waals surface area contributed by atoms with Crippen molar-refractivity contribution in [2.24, 2.45) is 0 Å². The van der Waals surface area contributed by atoms with Gasteiger partial charge in [-0.1, -0.05) is 36.4 Å². The van der Waals surface area contributed by atoms with Crippen LogP contribution in [-0.2, 0) is 0 Å². The van der Waals surface area contributed by atoms with Gasteiger partial charge in [0.1, 0.15) is 5.52 Å². The summed E-state index contributed by atoms with van der Waals surface area (Å²) in [6.45, 7) is 2.87. The topological polar surface area (TPSA) is 64.1 Å². The van der Waals surface area contributed by atoms with E-state index in [1.165, 1.54) is 0 Å². The van der Waals surface area contributed by atoms with Crippen LogP contribution in [0.2, 0.25) is 0 Å². The van der Waals surface area contributed by atoms with Crippen LogP contribution in [0.25, 0.3) is 33.7 Å². The molecule has 0 aliphatic heterocycles. The van der Waals surface area contributed by atoms with Crippen LogP contribution in [0.15, 0.2) is 71.1 Å². The van der Waals surface area contributed by atoms with Crippen LogP contribution in [0.5, 0.6) is 0 Å². The highest BCUT2D eigenvalue weighted by Gasteiger charge is 2.13. The first-order valence-electron chi connectivity index (χ1n) is 8.34. The van der Waals surface area contributed by atoms with Crippen molar-refractivity contribution in [1.29, 1.82) is 0 Å². The maximum Gasteiger partial charge on any atom is 0.229 e. The van der Waals surface area contributed by atoms with Crippen molar-refractivity contribution in [1.82, 2.24) is 4.98 Å². The van der Waals surface area contributed by atoms with E-state index in [9.17, 15) is 0 Å². The van der Waals surface area contributed by atoms with Gasteiger partial charge in [0.2, 0.25) is 5.89 Å². The van der Waals surface area contributed by atoms with Crippen molar-refractivity contribution >= 4 is 22.5 Å². The number of hydrogen-bond donors (Lipinski definition) is 2. The molecule has 0 fully saturated rings. The largest absolute Gasteiger partial charge is 0.436 e. The summed E-state index contributed by atoms with van der Waals surface area (Å²) in [5, 5.41) is 3.33. The molecule has 3 N–H and O–H groups in total. The first kappa shape index (κ1) is 15.3. The van der Waals surface area contributed by atoms with E-state index in [1.54, 1.807) is 0 Å². The molecule has 1 aromatic heterocycles. The molecule has 25 heavy (non-hydrogen) atoms. The van der Waals surface area contributed by atoms with Gasteiger partial charge in [0.15, 0.2) is 5.58 Å². The Morgan fingerprint density at radius 1 is 0.960 bits per heavy atom. The highest BCUT2D eigenvalue weighted by Crippen LogP contribution is 2.33. The molecule has 124 valence electrons. The molecule has 0 atom stereocenters. The summed E-state index contributed by atoms with van der Waals surface area (Å²) in [5.74, 6) is 0.573. The van der Waals surface area contributed by atoms with Crippen molar-refractivity contribution in [3.63, 3.8) is 0 Å². The number of aromatic nitrogens is 1. The molecule has 0 aliphatic carbocycles. The second-order valence-corrected chi connectivity index (χ2v) is 5.90. The van der Waals surface area contributed by atoms with Gasteiger partial charge in [-0.25, -0.2) is 4.98 Å². The number of nitrogens with one attached hydrogen (secondary N) is 1. The van der Waals surface area contributed by atoms with E-state index in [2.05, 4.69) is 36.5 Å². The van der Waals surface area contributed by atoms with Gasteiger partial charge in [-0.15, -0.1) is 0 Å². The summed E-state index contributed by atoms with van der Waals surface area (Å²) in [7, 11) is 0. The fourth-order valence-electron chi connectivity index (χ4n) is 2.94. The van der Waals surface area contributed by atoms with E-state index < -0.39 is 0 Å². The lowest BCUT2D eigenvalue weighted by Crippen LogP contribution is -1.99.